The largest absolute Gasteiger partial charge is 0.511 e. The van der Waals surface area contributed by atoms with E-state index in [1.165, 1.54) is 4.68 Å². The third-order valence-corrected chi connectivity index (χ3v) is 5.70. The SMILES string of the molecule is Cc1c(-c2ccc(C#N)cc2)nn2c1CN(S(=O)(=O)C(F)(F)F)CC2. The van der Waals surface area contributed by atoms with Gasteiger partial charge in [-0.05, 0) is 24.6 Å². The predicted molar refractivity (Wildman–Crippen MR) is 82.5 cm³/mol. The van der Waals surface area contributed by atoms with Crippen molar-refractivity contribution in [2.24, 2.45) is 0 Å². The number of nitrogens with zero attached hydrogens (tertiary/aromatic N) is 4. The standard InChI is InChI=1S/C15H13F3N4O2S/c1-10-13-9-21(25(23,24)15(16,17)18)6-7-22(13)20-14(10)12-4-2-11(8-19)3-5-12/h2-5H,6-7,9H2,1H3. The monoisotopic (exact) mass is 370 g/mol. The molecule has 0 spiro atoms. The molecule has 0 radical (unpaired) electrons. The van der Waals surface area contributed by atoms with Crippen LogP contribution in [0.2, 0.25) is 0 Å². The van der Waals surface area contributed by atoms with E-state index in [0.717, 1.165) is 0 Å². The average molecular weight is 370 g/mol. The molecule has 10 heteroatoms. The highest BCUT2D eigenvalue weighted by Gasteiger charge is 2.50. The summed E-state index contributed by atoms with van der Waals surface area (Å²) in [5.41, 5.74) is -2.52. The van der Waals surface area contributed by atoms with E-state index in [2.05, 4.69) is 5.10 Å². The summed E-state index contributed by atoms with van der Waals surface area (Å²) in [5.74, 6) is 0. The van der Waals surface area contributed by atoms with E-state index >= 15 is 0 Å². The van der Waals surface area contributed by atoms with Crippen LogP contribution >= 0.6 is 0 Å². The van der Waals surface area contributed by atoms with Gasteiger partial charge < -0.3 is 0 Å². The Labute approximate surface area is 142 Å². The molecule has 1 aromatic heterocycles. The molecule has 1 aromatic carbocycles. The van der Waals surface area contributed by atoms with Crippen LogP contribution in [0.15, 0.2) is 24.3 Å². The minimum atomic E-state index is -5.37. The van der Waals surface area contributed by atoms with Gasteiger partial charge in [0.2, 0.25) is 0 Å². The van der Waals surface area contributed by atoms with Crippen molar-refractivity contribution in [1.29, 1.82) is 5.26 Å². The van der Waals surface area contributed by atoms with Gasteiger partial charge in [0, 0.05) is 12.1 Å². The number of alkyl halides is 3. The Morgan fingerprint density at radius 2 is 1.84 bits per heavy atom. The first-order chi connectivity index (χ1) is 11.6. The highest BCUT2D eigenvalue weighted by molar-refractivity contribution is 7.89. The van der Waals surface area contributed by atoms with Crippen LogP contribution in [0.25, 0.3) is 11.3 Å². The Hall–Kier alpha value is -2.38. The Morgan fingerprint density at radius 1 is 1.20 bits per heavy atom. The molecule has 0 unspecified atom stereocenters. The molecule has 1 aliphatic rings. The first-order valence-electron chi connectivity index (χ1n) is 7.28. The molecule has 25 heavy (non-hydrogen) atoms. The minimum absolute atomic E-state index is 0.0434. The van der Waals surface area contributed by atoms with E-state index in [1.54, 1.807) is 31.2 Å². The lowest BCUT2D eigenvalue weighted by Gasteiger charge is -2.27. The van der Waals surface area contributed by atoms with Gasteiger partial charge in [-0.15, -0.1) is 0 Å². The van der Waals surface area contributed by atoms with Crippen molar-refractivity contribution in [3.05, 3.63) is 41.1 Å². The molecule has 3 rings (SSSR count). The molecule has 0 saturated carbocycles. The maximum atomic E-state index is 12.8. The molecular weight excluding hydrogens is 357 g/mol. The lowest BCUT2D eigenvalue weighted by Crippen LogP contribution is -2.44. The Morgan fingerprint density at radius 3 is 2.40 bits per heavy atom. The third kappa shape index (κ3) is 2.89. The van der Waals surface area contributed by atoms with Gasteiger partial charge in [0.15, 0.2) is 0 Å². The Kier molecular flexibility index (Phi) is 4.09. The van der Waals surface area contributed by atoms with Crippen LogP contribution in [-0.4, -0.2) is 34.6 Å². The molecule has 2 heterocycles. The highest BCUT2D eigenvalue weighted by Crippen LogP contribution is 2.32. The number of benzene rings is 1. The highest BCUT2D eigenvalue weighted by atomic mass is 32.2. The van der Waals surface area contributed by atoms with Crippen molar-refractivity contribution >= 4 is 10.0 Å². The summed E-state index contributed by atoms with van der Waals surface area (Å²) in [6, 6.07) is 8.63. The molecule has 0 atom stereocenters. The number of hydrogen-bond donors (Lipinski definition) is 0. The first-order valence-corrected chi connectivity index (χ1v) is 8.72. The fourth-order valence-corrected chi connectivity index (χ4v) is 3.66. The Balaban J connectivity index is 1.97. The normalized spacial score (nSPS) is 15.6. The average Bonchev–Trinajstić information content (AvgIpc) is 2.90. The molecule has 0 bridgehead atoms. The molecule has 0 saturated heterocycles. The molecule has 0 N–H and O–H groups in total. The summed E-state index contributed by atoms with van der Waals surface area (Å²) in [4.78, 5) is 0. The van der Waals surface area contributed by atoms with Crippen molar-refractivity contribution in [2.75, 3.05) is 6.54 Å². The van der Waals surface area contributed by atoms with Gasteiger partial charge in [-0.25, -0.2) is 8.42 Å². The van der Waals surface area contributed by atoms with E-state index < -0.39 is 15.5 Å². The number of aromatic nitrogens is 2. The van der Waals surface area contributed by atoms with Gasteiger partial charge in [-0.1, -0.05) is 12.1 Å². The van der Waals surface area contributed by atoms with E-state index in [4.69, 9.17) is 5.26 Å². The van der Waals surface area contributed by atoms with Crippen LogP contribution in [-0.2, 0) is 23.1 Å². The summed E-state index contributed by atoms with van der Waals surface area (Å²) in [6.07, 6.45) is 0. The third-order valence-electron chi connectivity index (χ3n) is 4.13. The molecule has 2 aromatic rings. The van der Waals surface area contributed by atoms with Crippen molar-refractivity contribution in [1.82, 2.24) is 14.1 Å². The van der Waals surface area contributed by atoms with Gasteiger partial charge in [0.25, 0.3) is 0 Å². The lowest BCUT2D eigenvalue weighted by molar-refractivity contribution is -0.0496. The summed E-state index contributed by atoms with van der Waals surface area (Å²) in [5, 5.41) is 13.2. The number of nitriles is 1. The van der Waals surface area contributed by atoms with Gasteiger partial charge in [-0.3, -0.25) is 4.68 Å². The zero-order valence-electron chi connectivity index (χ0n) is 13.1. The fraction of sp³-hybridized carbons (Fsp3) is 0.333. The summed E-state index contributed by atoms with van der Waals surface area (Å²) >= 11 is 0. The van der Waals surface area contributed by atoms with Crippen molar-refractivity contribution < 1.29 is 21.6 Å². The summed E-state index contributed by atoms with van der Waals surface area (Å²) < 4.78 is 63.5. The molecule has 6 nitrogen and oxygen atoms in total. The second-order valence-electron chi connectivity index (χ2n) is 5.62. The van der Waals surface area contributed by atoms with Crippen molar-refractivity contribution in [2.45, 2.75) is 25.5 Å². The maximum Gasteiger partial charge on any atom is 0.511 e. The fourth-order valence-electron chi connectivity index (χ4n) is 2.75. The molecule has 132 valence electrons. The number of fused-ring (bicyclic) bond motifs is 1. The zero-order valence-corrected chi connectivity index (χ0v) is 13.9. The first kappa shape index (κ1) is 17.4. The van der Waals surface area contributed by atoms with E-state index in [-0.39, 0.29) is 19.6 Å². The maximum absolute atomic E-state index is 12.8. The van der Waals surface area contributed by atoms with Crippen molar-refractivity contribution in [3.63, 3.8) is 0 Å². The van der Waals surface area contributed by atoms with Gasteiger partial charge in [0.05, 0.1) is 36.1 Å². The van der Waals surface area contributed by atoms with Crippen LogP contribution in [0.1, 0.15) is 16.8 Å². The number of sulfonamides is 1. The molecule has 0 amide bonds. The summed E-state index contributed by atoms with van der Waals surface area (Å²) in [7, 11) is -5.37. The second kappa shape index (κ2) is 5.86. The quantitative estimate of drug-likeness (QED) is 0.813. The van der Waals surface area contributed by atoms with E-state index in [0.29, 0.717) is 32.4 Å². The van der Waals surface area contributed by atoms with Gasteiger partial charge >= 0.3 is 15.5 Å². The molecule has 0 fully saturated rings. The smallest absolute Gasteiger partial charge is 0.266 e. The van der Waals surface area contributed by atoms with E-state index in [1.807, 2.05) is 6.07 Å². The topological polar surface area (TPSA) is 79.0 Å². The van der Waals surface area contributed by atoms with Crippen LogP contribution in [0.3, 0.4) is 0 Å². The minimum Gasteiger partial charge on any atom is -0.266 e. The van der Waals surface area contributed by atoms with Gasteiger partial charge in [-0.2, -0.15) is 27.8 Å². The lowest BCUT2D eigenvalue weighted by atomic mass is 10.1. The predicted octanol–water partition coefficient (Wildman–Crippen LogP) is 2.40. The summed E-state index contributed by atoms with van der Waals surface area (Å²) in [6.45, 7) is 1.07. The Bertz CT molecular complexity index is 956. The van der Waals surface area contributed by atoms with Crippen LogP contribution in [0.4, 0.5) is 13.2 Å². The number of rotatable bonds is 2. The number of hydrogen-bond acceptors (Lipinski definition) is 4. The second-order valence-corrected chi connectivity index (χ2v) is 7.55. The molecular formula is C15H13F3N4O2S. The zero-order chi connectivity index (χ0) is 18.4. The van der Waals surface area contributed by atoms with Gasteiger partial charge in [0.1, 0.15) is 0 Å². The van der Waals surface area contributed by atoms with Crippen LogP contribution < -0.4 is 0 Å². The molecule has 0 aliphatic carbocycles. The number of halogens is 3. The van der Waals surface area contributed by atoms with Crippen LogP contribution in [0, 0.1) is 18.3 Å². The van der Waals surface area contributed by atoms with E-state index in [9.17, 15) is 21.6 Å². The van der Waals surface area contributed by atoms with Crippen LogP contribution in [0.5, 0.6) is 0 Å². The van der Waals surface area contributed by atoms with Crippen molar-refractivity contribution in [3.8, 4) is 17.3 Å². The molecule has 1 aliphatic heterocycles.